The van der Waals surface area contributed by atoms with Crippen LogP contribution in [0.1, 0.15) is 36.5 Å². The van der Waals surface area contributed by atoms with E-state index < -0.39 is 15.9 Å². The second kappa shape index (κ2) is 9.54. The zero-order chi connectivity index (χ0) is 24.3. The lowest BCUT2D eigenvalue weighted by atomic mass is 9.99. The Morgan fingerprint density at radius 3 is 2.12 bits per heavy atom. The number of rotatable bonds is 6. The van der Waals surface area contributed by atoms with Crippen LogP contribution in [0.4, 0.5) is 16.2 Å². The topological polar surface area (TPSA) is 105 Å². The van der Waals surface area contributed by atoms with Gasteiger partial charge in [-0.3, -0.25) is 0 Å². The summed E-state index contributed by atoms with van der Waals surface area (Å²) >= 11 is 0. The first-order valence-electron chi connectivity index (χ1n) is 10.4. The van der Waals surface area contributed by atoms with Crippen molar-refractivity contribution in [1.82, 2.24) is 0 Å². The molecule has 0 heterocycles. The molecule has 0 saturated heterocycles. The fourth-order valence-corrected chi connectivity index (χ4v) is 5.07. The lowest BCUT2D eigenvalue weighted by molar-refractivity contribution is 0.262. The van der Waals surface area contributed by atoms with Gasteiger partial charge in [0.15, 0.2) is 0 Å². The summed E-state index contributed by atoms with van der Waals surface area (Å²) in [6, 6.07) is 14.3. The van der Waals surface area contributed by atoms with Crippen molar-refractivity contribution in [2.24, 2.45) is 0 Å². The molecule has 0 saturated carbocycles. The zero-order valence-electron chi connectivity index (χ0n) is 19.3. The van der Waals surface area contributed by atoms with Crippen LogP contribution in [0.2, 0.25) is 0 Å². The summed E-state index contributed by atoms with van der Waals surface area (Å²) in [5, 5.41) is 16.4. The van der Waals surface area contributed by atoms with Crippen molar-refractivity contribution in [1.29, 1.82) is 0 Å². The summed E-state index contributed by atoms with van der Waals surface area (Å²) in [6.07, 6.45) is 0. The van der Waals surface area contributed by atoms with E-state index in [0.717, 1.165) is 5.56 Å². The number of anilines is 2. The van der Waals surface area contributed by atoms with E-state index in [1.165, 1.54) is 19.2 Å². The van der Waals surface area contributed by atoms with Crippen molar-refractivity contribution in [3.63, 3.8) is 0 Å². The van der Waals surface area contributed by atoms with E-state index in [9.17, 15) is 18.3 Å². The number of phenolic OH excluding ortho intramolecular Hbond substituents is 1. The first-order chi connectivity index (χ1) is 15.5. The van der Waals surface area contributed by atoms with Crippen LogP contribution in [-0.2, 0) is 9.84 Å². The highest BCUT2D eigenvalue weighted by molar-refractivity contribution is 7.91. The third-order valence-corrected chi connectivity index (χ3v) is 7.28. The summed E-state index contributed by atoms with van der Waals surface area (Å²) in [4.78, 5) is 12.4. The van der Waals surface area contributed by atoms with Gasteiger partial charge in [-0.1, -0.05) is 31.5 Å². The molecule has 8 heteroatoms. The molecular weight excluding hydrogens is 440 g/mol. The van der Waals surface area contributed by atoms with E-state index in [1.54, 1.807) is 37.3 Å². The smallest absolute Gasteiger partial charge is 0.323 e. The third-order valence-electron chi connectivity index (χ3n) is 5.35. The van der Waals surface area contributed by atoms with Gasteiger partial charge in [0, 0.05) is 11.4 Å². The van der Waals surface area contributed by atoms with Crippen LogP contribution in [-0.4, -0.2) is 26.7 Å². The van der Waals surface area contributed by atoms with Gasteiger partial charge in [-0.15, -0.1) is 0 Å². The Morgan fingerprint density at radius 1 is 0.970 bits per heavy atom. The second-order valence-corrected chi connectivity index (χ2v) is 9.98. The Labute approximate surface area is 194 Å². The standard InChI is InChI=1S/C25H28N2O5S/c1-15(2)21-14-22(27-25(29)26-18-8-6-16(3)7-9-18)17(4)24(23(21)28)33(30,31)20-12-10-19(32-5)11-13-20/h6-15,28H,1-5H3,(H2,26,27,29). The maximum absolute atomic E-state index is 13.5. The minimum absolute atomic E-state index is 0.0117. The predicted molar refractivity (Wildman–Crippen MR) is 129 cm³/mol. The molecule has 0 aliphatic rings. The molecular formula is C25H28N2O5S. The number of aromatic hydroxyl groups is 1. The summed E-state index contributed by atoms with van der Waals surface area (Å²) in [5.74, 6) is 0.0138. The van der Waals surface area contributed by atoms with Crippen LogP contribution >= 0.6 is 0 Å². The Kier molecular flexibility index (Phi) is 6.98. The fourth-order valence-electron chi connectivity index (χ4n) is 3.46. The summed E-state index contributed by atoms with van der Waals surface area (Å²) in [6.45, 7) is 7.18. The van der Waals surface area contributed by atoms with Crippen LogP contribution in [0.15, 0.2) is 64.4 Å². The van der Waals surface area contributed by atoms with Crippen LogP contribution < -0.4 is 15.4 Å². The van der Waals surface area contributed by atoms with Crippen molar-refractivity contribution in [2.45, 2.75) is 43.4 Å². The highest BCUT2D eigenvalue weighted by Gasteiger charge is 2.29. The number of methoxy groups -OCH3 is 1. The van der Waals surface area contributed by atoms with Gasteiger partial charge in [0.05, 0.1) is 12.0 Å². The molecule has 0 aromatic heterocycles. The monoisotopic (exact) mass is 468 g/mol. The molecule has 0 aliphatic carbocycles. The van der Waals surface area contributed by atoms with Gasteiger partial charge in [0.1, 0.15) is 16.4 Å². The van der Waals surface area contributed by atoms with Gasteiger partial charge in [-0.25, -0.2) is 13.2 Å². The van der Waals surface area contributed by atoms with E-state index in [2.05, 4.69) is 10.6 Å². The number of amides is 2. The maximum atomic E-state index is 13.5. The van der Waals surface area contributed by atoms with E-state index >= 15 is 0 Å². The Hall–Kier alpha value is -3.52. The van der Waals surface area contributed by atoms with E-state index in [1.807, 2.05) is 32.9 Å². The molecule has 0 aliphatic heterocycles. The van der Waals surface area contributed by atoms with Gasteiger partial charge in [0.2, 0.25) is 9.84 Å². The molecule has 33 heavy (non-hydrogen) atoms. The van der Waals surface area contributed by atoms with Crippen LogP contribution in [0.3, 0.4) is 0 Å². The number of hydrogen-bond acceptors (Lipinski definition) is 5. The summed E-state index contributed by atoms with van der Waals surface area (Å²) < 4.78 is 32.1. The molecule has 3 aromatic carbocycles. The number of benzene rings is 3. The Bertz CT molecular complexity index is 1270. The maximum Gasteiger partial charge on any atom is 0.323 e. The van der Waals surface area contributed by atoms with Crippen molar-refractivity contribution >= 4 is 27.2 Å². The van der Waals surface area contributed by atoms with Crippen molar-refractivity contribution in [3.05, 3.63) is 71.3 Å². The predicted octanol–water partition coefficient (Wildman–Crippen LogP) is 5.62. The van der Waals surface area contributed by atoms with E-state index in [-0.39, 0.29) is 27.0 Å². The number of carbonyl (C=O) groups is 1. The number of urea groups is 1. The molecule has 0 spiro atoms. The normalized spacial score (nSPS) is 11.3. The first kappa shape index (κ1) is 24.1. The fraction of sp³-hybridized carbons (Fsp3) is 0.240. The molecule has 2 amide bonds. The molecule has 0 radical (unpaired) electrons. The molecule has 3 rings (SSSR count). The minimum atomic E-state index is -4.08. The van der Waals surface area contributed by atoms with Crippen LogP contribution in [0.25, 0.3) is 0 Å². The van der Waals surface area contributed by atoms with Crippen molar-refractivity contribution in [2.75, 3.05) is 17.7 Å². The van der Waals surface area contributed by atoms with Gasteiger partial charge < -0.3 is 20.5 Å². The molecule has 3 aromatic rings. The van der Waals surface area contributed by atoms with Gasteiger partial charge in [-0.05, 0) is 73.4 Å². The van der Waals surface area contributed by atoms with Gasteiger partial charge in [-0.2, -0.15) is 0 Å². The number of phenols is 1. The average Bonchev–Trinajstić information content (AvgIpc) is 2.77. The summed E-state index contributed by atoms with van der Waals surface area (Å²) in [7, 11) is -2.59. The average molecular weight is 469 g/mol. The molecule has 0 atom stereocenters. The number of aryl methyl sites for hydroxylation is 1. The lowest BCUT2D eigenvalue weighted by Crippen LogP contribution is -2.21. The van der Waals surface area contributed by atoms with Crippen LogP contribution in [0, 0.1) is 13.8 Å². The zero-order valence-corrected chi connectivity index (χ0v) is 20.1. The van der Waals surface area contributed by atoms with Crippen LogP contribution in [0.5, 0.6) is 11.5 Å². The van der Waals surface area contributed by atoms with E-state index in [4.69, 9.17) is 4.74 Å². The van der Waals surface area contributed by atoms with E-state index in [0.29, 0.717) is 22.7 Å². The quantitative estimate of drug-likeness (QED) is 0.407. The number of sulfone groups is 1. The molecule has 0 unspecified atom stereocenters. The van der Waals surface area contributed by atoms with Gasteiger partial charge in [0.25, 0.3) is 0 Å². The number of carbonyl (C=O) groups excluding carboxylic acids is 1. The molecule has 7 nitrogen and oxygen atoms in total. The summed E-state index contributed by atoms with van der Waals surface area (Å²) in [5.41, 5.74) is 2.62. The molecule has 174 valence electrons. The molecule has 3 N–H and O–H groups in total. The SMILES string of the molecule is COc1ccc(S(=O)(=O)c2c(C)c(NC(=O)Nc3ccc(C)cc3)cc(C(C)C)c2O)cc1. The molecule has 0 bridgehead atoms. The largest absolute Gasteiger partial charge is 0.506 e. The second-order valence-electron chi connectivity index (χ2n) is 8.09. The Balaban J connectivity index is 2.05. The highest BCUT2D eigenvalue weighted by atomic mass is 32.2. The van der Waals surface area contributed by atoms with Crippen molar-refractivity contribution < 1.29 is 23.1 Å². The number of nitrogens with one attached hydrogen (secondary N) is 2. The Morgan fingerprint density at radius 2 is 1.58 bits per heavy atom. The number of ether oxygens (including phenoxy) is 1. The molecule has 0 fully saturated rings. The third kappa shape index (κ3) is 5.12. The van der Waals surface area contributed by atoms with Crippen molar-refractivity contribution in [3.8, 4) is 11.5 Å². The number of hydrogen-bond donors (Lipinski definition) is 3. The highest BCUT2D eigenvalue weighted by Crippen LogP contribution is 2.41. The van der Waals surface area contributed by atoms with Gasteiger partial charge >= 0.3 is 6.03 Å². The lowest BCUT2D eigenvalue weighted by Gasteiger charge is -2.20. The first-order valence-corrected chi connectivity index (χ1v) is 11.9. The minimum Gasteiger partial charge on any atom is -0.506 e.